The zero-order valence-electron chi connectivity index (χ0n) is 12.6. The summed E-state index contributed by atoms with van der Waals surface area (Å²) in [6.07, 6.45) is -0.491. The fraction of sp³-hybridized carbons (Fsp3) is 0.357. The molecule has 0 aromatic carbocycles. The topological polar surface area (TPSA) is 61.2 Å². The van der Waals surface area contributed by atoms with E-state index in [0.29, 0.717) is 15.4 Å². The number of alkyl halides is 3. The highest BCUT2D eigenvalue weighted by Gasteiger charge is 2.32. The van der Waals surface area contributed by atoms with Crippen LogP contribution in [0.2, 0.25) is 0 Å². The molecule has 0 radical (unpaired) electrons. The molecular formula is C14H14F3N3OS2. The Hall–Kier alpha value is -1.45. The summed E-state index contributed by atoms with van der Waals surface area (Å²) in [7, 11) is 0. The minimum atomic E-state index is -4.50. The van der Waals surface area contributed by atoms with E-state index in [1.54, 1.807) is 20.8 Å². The van der Waals surface area contributed by atoms with Gasteiger partial charge in [0.1, 0.15) is 26.8 Å². The number of hydrogen-bond donors (Lipinski definition) is 0. The summed E-state index contributed by atoms with van der Waals surface area (Å²) in [6, 6.07) is 2.41. The molecule has 2 aromatic heterocycles. The maximum atomic E-state index is 12.7. The van der Waals surface area contributed by atoms with Gasteiger partial charge in [0, 0.05) is 18.0 Å². The molecule has 124 valence electrons. The summed E-state index contributed by atoms with van der Waals surface area (Å²) < 4.78 is 53.3. The molecule has 4 nitrogen and oxygen atoms in total. The lowest BCUT2D eigenvalue weighted by molar-refractivity contribution is -0.141. The summed E-state index contributed by atoms with van der Waals surface area (Å²) in [5, 5.41) is 0.417. The van der Waals surface area contributed by atoms with E-state index in [-0.39, 0.29) is 0 Å². The van der Waals surface area contributed by atoms with Crippen molar-refractivity contribution in [2.75, 3.05) is 0 Å². The van der Waals surface area contributed by atoms with Gasteiger partial charge in [-0.1, -0.05) is 4.40 Å². The molecule has 9 heteroatoms. The Morgan fingerprint density at radius 2 is 1.96 bits per heavy atom. The normalized spacial score (nSPS) is 14.4. The van der Waals surface area contributed by atoms with Gasteiger partial charge in [-0.2, -0.15) is 13.2 Å². The molecule has 0 spiro atoms. The van der Waals surface area contributed by atoms with Crippen LogP contribution in [0.3, 0.4) is 0 Å². The second-order valence-electron chi connectivity index (χ2n) is 5.59. The molecule has 0 fully saturated rings. The zero-order chi connectivity index (χ0) is 17.3. The molecule has 0 aliphatic rings. The number of pyridine rings is 1. The van der Waals surface area contributed by atoms with Crippen molar-refractivity contribution in [2.24, 2.45) is 4.40 Å². The van der Waals surface area contributed by atoms with Crippen LogP contribution in [0.15, 0.2) is 28.9 Å². The minimum Gasteiger partial charge on any atom is -0.591 e. The molecule has 1 atom stereocenters. The van der Waals surface area contributed by atoms with Crippen LogP contribution in [0, 0.1) is 0 Å². The van der Waals surface area contributed by atoms with Crippen molar-refractivity contribution >= 4 is 28.9 Å². The lowest BCUT2D eigenvalue weighted by atomic mass is 10.2. The first-order chi connectivity index (χ1) is 10.6. The van der Waals surface area contributed by atoms with Gasteiger partial charge in [-0.15, -0.1) is 11.3 Å². The third kappa shape index (κ3) is 4.76. The van der Waals surface area contributed by atoms with E-state index < -0.39 is 28.0 Å². The summed E-state index contributed by atoms with van der Waals surface area (Å²) in [4.78, 5) is 8.01. The van der Waals surface area contributed by atoms with Gasteiger partial charge in [0.15, 0.2) is 0 Å². The third-order valence-electron chi connectivity index (χ3n) is 2.62. The van der Waals surface area contributed by atoms with Crippen molar-refractivity contribution in [2.45, 2.75) is 31.7 Å². The Morgan fingerprint density at radius 3 is 2.57 bits per heavy atom. The maximum Gasteiger partial charge on any atom is 0.433 e. The molecule has 0 saturated carbocycles. The van der Waals surface area contributed by atoms with Gasteiger partial charge in [0.25, 0.3) is 0 Å². The number of aromatic nitrogens is 2. The van der Waals surface area contributed by atoms with Gasteiger partial charge in [-0.3, -0.25) is 4.98 Å². The van der Waals surface area contributed by atoms with Gasteiger partial charge in [0.05, 0.1) is 11.1 Å². The summed E-state index contributed by atoms with van der Waals surface area (Å²) >= 11 is -0.231. The second kappa shape index (κ2) is 6.58. The minimum absolute atomic E-state index is 0.328. The van der Waals surface area contributed by atoms with E-state index in [0.717, 1.165) is 12.3 Å². The first-order valence-electron chi connectivity index (χ1n) is 6.53. The zero-order valence-corrected chi connectivity index (χ0v) is 14.2. The van der Waals surface area contributed by atoms with Crippen molar-refractivity contribution in [3.05, 3.63) is 35.1 Å². The van der Waals surface area contributed by atoms with Crippen LogP contribution in [0.5, 0.6) is 0 Å². The monoisotopic (exact) mass is 361 g/mol. The highest BCUT2D eigenvalue weighted by atomic mass is 32.2. The highest BCUT2D eigenvalue weighted by Crippen LogP contribution is 2.31. The fourth-order valence-electron chi connectivity index (χ4n) is 1.46. The van der Waals surface area contributed by atoms with Crippen LogP contribution in [-0.4, -0.2) is 25.5 Å². The molecule has 2 heterocycles. The maximum absolute atomic E-state index is 12.7. The Kier molecular flexibility index (Phi) is 5.12. The van der Waals surface area contributed by atoms with Gasteiger partial charge in [0.2, 0.25) is 0 Å². The Balaban J connectivity index is 2.22. The van der Waals surface area contributed by atoms with Crippen LogP contribution in [0.4, 0.5) is 13.2 Å². The number of hydrogen-bond acceptors (Lipinski definition) is 5. The van der Waals surface area contributed by atoms with Crippen molar-refractivity contribution in [3.63, 3.8) is 0 Å². The second-order valence-corrected chi connectivity index (χ2v) is 8.59. The van der Waals surface area contributed by atoms with Crippen LogP contribution in [-0.2, 0) is 17.5 Å². The lowest BCUT2D eigenvalue weighted by Gasteiger charge is -2.17. The van der Waals surface area contributed by atoms with E-state index in [4.69, 9.17) is 0 Å². The van der Waals surface area contributed by atoms with Crippen LogP contribution >= 0.6 is 11.3 Å². The molecule has 2 aromatic rings. The van der Waals surface area contributed by atoms with E-state index in [1.165, 1.54) is 29.8 Å². The van der Waals surface area contributed by atoms with Gasteiger partial charge in [-0.25, -0.2) is 4.98 Å². The molecule has 0 amide bonds. The average molecular weight is 361 g/mol. The van der Waals surface area contributed by atoms with E-state index in [1.807, 2.05) is 0 Å². The molecule has 0 unspecified atom stereocenters. The van der Waals surface area contributed by atoms with Gasteiger partial charge >= 0.3 is 6.18 Å². The molecule has 0 saturated heterocycles. The van der Waals surface area contributed by atoms with E-state index in [9.17, 15) is 17.7 Å². The standard InChI is InChI=1S/C14H14F3N3OS2/c1-13(2,3)23(21)20-8-10-7-19-12(22-10)9-4-5-18-11(6-9)14(15,16)17/h4-8H,1-3H3/b20-8+/t23-/m1/s1. The number of nitrogens with zero attached hydrogens (tertiary/aromatic N) is 3. The number of halogens is 3. The third-order valence-corrected chi connectivity index (χ3v) is 4.95. The van der Waals surface area contributed by atoms with Crippen molar-refractivity contribution < 1.29 is 17.7 Å². The number of rotatable bonds is 3. The quantitative estimate of drug-likeness (QED) is 0.611. The summed E-state index contributed by atoms with van der Waals surface area (Å²) in [5.74, 6) is 0. The van der Waals surface area contributed by atoms with Crippen LogP contribution < -0.4 is 0 Å². The average Bonchev–Trinajstić information content (AvgIpc) is 2.92. The largest absolute Gasteiger partial charge is 0.591 e. The Morgan fingerprint density at radius 1 is 1.26 bits per heavy atom. The summed E-state index contributed by atoms with van der Waals surface area (Å²) in [6.45, 7) is 5.40. The number of thiazole rings is 1. The Labute approximate surface area is 138 Å². The first-order valence-corrected chi connectivity index (χ1v) is 8.45. The predicted molar refractivity (Wildman–Crippen MR) is 85.8 cm³/mol. The first kappa shape index (κ1) is 17.9. The molecule has 2 rings (SSSR count). The van der Waals surface area contributed by atoms with Crippen molar-refractivity contribution in [3.8, 4) is 10.6 Å². The van der Waals surface area contributed by atoms with Crippen LogP contribution in [0.1, 0.15) is 31.3 Å². The molecule has 0 aliphatic heterocycles. The Bertz CT molecular complexity index is 708. The molecular weight excluding hydrogens is 347 g/mol. The van der Waals surface area contributed by atoms with E-state index in [2.05, 4.69) is 14.4 Å². The molecule has 0 aliphatic carbocycles. The fourth-order valence-corrected chi connectivity index (χ4v) is 2.83. The van der Waals surface area contributed by atoms with Crippen molar-refractivity contribution in [1.82, 2.24) is 9.97 Å². The SMILES string of the molecule is CC(C)(C)[S@@+]([O-])/N=C/c1cnc(-c2ccnc(C(F)(F)F)c2)s1. The highest BCUT2D eigenvalue weighted by molar-refractivity contribution is 7.91. The molecule has 0 N–H and O–H groups in total. The van der Waals surface area contributed by atoms with Gasteiger partial charge < -0.3 is 4.55 Å². The lowest BCUT2D eigenvalue weighted by Crippen LogP contribution is -2.25. The smallest absolute Gasteiger partial charge is 0.433 e. The van der Waals surface area contributed by atoms with E-state index >= 15 is 0 Å². The summed E-state index contributed by atoms with van der Waals surface area (Å²) in [5.41, 5.74) is -0.636. The van der Waals surface area contributed by atoms with Gasteiger partial charge in [-0.05, 0) is 32.9 Å². The molecule has 0 bridgehead atoms. The van der Waals surface area contributed by atoms with Crippen molar-refractivity contribution in [1.29, 1.82) is 0 Å². The molecule has 23 heavy (non-hydrogen) atoms. The van der Waals surface area contributed by atoms with Crippen LogP contribution in [0.25, 0.3) is 10.6 Å². The predicted octanol–water partition coefficient (Wildman–Crippen LogP) is 4.11.